The maximum Gasteiger partial charge on any atom is 0.668 e. The van der Waals surface area contributed by atoms with Crippen molar-refractivity contribution in [3.8, 4) is 0 Å². The van der Waals surface area contributed by atoms with Crippen molar-refractivity contribution < 1.29 is 76.7 Å². The summed E-state index contributed by atoms with van der Waals surface area (Å²) in [6.45, 7) is 0. The third-order valence-electron chi connectivity index (χ3n) is 0. The van der Waals surface area contributed by atoms with Gasteiger partial charge in [-0.3, -0.25) is 0 Å². The van der Waals surface area contributed by atoms with Crippen molar-refractivity contribution in [3.05, 3.63) is 0 Å². The van der Waals surface area contributed by atoms with Crippen LogP contribution in [0.3, 0.4) is 0 Å². The summed E-state index contributed by atoms with van der Waals surface area (Å²) in [6.07, 6.45) is 0. The Balaban J connectivity index is -0.0000000533. The van der Waals surface area contributed by atoms with Gasteiger partial charge in [0.25, 0.3) is 0 Å². The predicted molar refractivity (Wildman–Crippen MR) is 64.3 cm³/mol. The largest absolute Gasteiger partial charge is 0.668 e. The second-order valence-electron chi connectivity index (χ2n) is 2.40. The quantitative estimate of drug-likeness (QED) is 0.161. The van der Waals surface area contributed by atoms with Gasteiger partial charge in [0.1, 0.15) is 0 Å². The Bertz CT molecular complexity index is 130. The molecule has 0 heterocycles. The molecule has 21 heavy (non-hydrogen) atoms. The molecule has 16 N–H and O–H groups in total. The smallest absolute Gasteiger partial charge is 0.368 e. The molecule has 0 aromatic rings. The van der Waals surface area contributed by atoms with E-state index in [-0.39, 0.29) is 51.4 Å². The Hall–Kier alpha value is 1.86. The van der Waals surface area contributed by atoms with Gasteiger partial charge < -0.3 is 76.7 Å². The van der Waals surface area contributed by atoms with Gasteiger partial charge in [0, 0.05) is 51.4 Å². The van der Waals surface area contributed by atoms with Gasteiger partial charge in [-0.15, -0.1) is 0 Å². The molecule has 0 unspecified atom stereocenters. The molecule has 0 bridgehead atoms. The molecule has 0 atom stereocenters. The molecular weight excluding hydrogens is 407 g/mol. The van der Waals surface area contributed by atoms with Crippen LogP contribution in [0.15, 0.2) is 0 Å². The molecule has 129 valence electrons. The average molecular weight is 424 g/mol. The van der Waals surface area contributed by atoms with Crippen LogP contribution in [-0.4, -0.2) is 164 Å². The van der Waals surface area contributed by atoms with E-state index in [2.05, 4.69) is 0 Å². The van der Waals surface area contributed by atoms with Gasteiger partial charge >= 0.3 is 36.2 Å². The Morgan fingerprint density at radius 2 is 0.238 bits per heavy atom. The second-order valence-corrected chi connectivity index (χ2v) is 7.20. The van der Waals surface area contributed by atoms with Crippen LogP contribution >= 0.6 is 0 Å². The molecule has 0 aliphatic rings. The topological polar surface area (TPSA) is 324 Å². The summed E-state index contributed by atoms with van der Waals surface area (Å²) in [5, 5.41) is 0. The molecule has 0 spiro atoms. The van der Waals surface area contributed by atoms with Crippen molar-refractivity contribution in [1.29, 1.82) is 0 Å². The standard InChI is InChI=1S/K.4H4O4Si/c;4*1-5(2,3)4/h;4*1-4H. The van der Waals surface area contributed by atoms with Gasteiger partial charge in [-0.1, -0.05) is 0 Å². The summed E-state index contributed by atoms with van der Waals surface area (Å²) < 4.78 is 0. The first-order valence-corrected chi connectivity index (χ1v) is 10.7. The number of hydrogen-bond acceptors (Lipinski definition) is 16. The minimum atomic E-state index is -4.61. The maximum absolute atomic E-state index is 7.33. The summed E-state index contributed by atoms with van der Waals surface area (Å²) >= 11 is 0. The van der Waals surface area contributed by atoms with Crippen LogP contribution in [0.1, 0.15) is 0 Å². The fraction of sp³-hybridized carbons (Fsp3) is 0. The molecule has 0 amide bonds. The fourth-order valence-electron chi connectivity index (χ4n) is 0. The first kappa shape index (κ1) is 34.2. The van der Waals surface area contributed by atoms with Crippen LogP contribution in [0.25, 0.3) is 0 Å². The monoisotopic (exact) mass is 423 g/mol. The van der Waals surface area contributed by atoms with E-state index in [1.165, 1.54) is 0 Å². The first-order chi connectivity index (χ1) is 8.00. The van der Waals surface area contributed by atoms with Crippen LogP contribution in [0.4, 0.5) is 0 Å². The minimum Gasteiger partial charge on any atom is -0.368 e. The van der Waals surface area contributed by atoms with E-state index in [0.29, 0.717) is 0 Å². The number of hydrogen-bond donors (Lipinski definition) is 16. The minimum absolute atomic E-state index is 0. The predicted octanol–water partition coefficient (Wildman–Crippen LogP) is -10.8. The molecule has 1 radical (unpaired) electrons. The summed E-state index contributed by atoms with van der Waals surface area (Å²) in [5.41, 5.74) is 0. The molecule has 0 aromatic carbocycles. The van der Waals surface area contributed by atoms with Gasteiger partial charge in [0.15, 0.2) is 0 Å². The zero-order chi connectivity index (χ0) is 18.0. The SMILES string of the molecule is O[Si](O)(O)O.O[Si](O)(O)O.O[Si](O)(O)O.O[Si](O)(O)O.[K]. The normalized spacial score (nSPS) is 11.4. The Morgan fingerprint density at radius 1 is 0.238 bits per heavy atom. The molecule has 0 aliphatic carbocycles. The van der Waals surface area contributed by atoms with E-state index in [4.69, 9.17) is 76.7 Å². The van der Waals surface area contributed by atoms with Crippen molar-refractivity contribution in [1.82, 2.24) is 0 Å². The van der Waals surface area contributed by atoms with Gasteiger partial charge in [0.2, 0.25) is 0 Å². The molecule has 0 saturated heterocycles. The molecule has 0 rings (SSSR count). The van der Waals surface area contributed by atoms with Gasteiger partial charge in [0.05, 0.1) is 0 Å². The third-order valence-corrected chi connectivity index (χ3v) is 0. The Morgan fingerprint density at radius 3 is 0.238 bits per heavy atom. The van der Waals surface area contributed by atoms with Crippen LogP contribution in [0, 0.1) is 0 Å². The summed E-state index contributed by atoms with van der Waals surface area (Å²) in [6, 6.07) is 0. The Labute approximate surface area is 163 Å². The fourth-order valence-corrected chi connectivity index (χ4v) is 0. The van der Waals surface area contributed by atoms with E-state index in [0.717, 1.165) is 0 Å². The van der Waals surface area contributed by atoms with Crippen LogP contribution in [0.2, 0.25) is 0 Å². The summed E-state index contributed by atoms with van der Waals surface area (Å²) in [5.74, 6) is 0. The van der Waals surface area contributed by atoms with E-state index in [9.17, 15) is 0 Å². The second kappa shape index (κ2) is 14.2. The van der Waals surface area contributed by atoms with Gasteiger partial charge in [-0.2, -0.15) is 0 Å². The zero-order valence-corrected chi connectivity index (χ0v) is 17.3. The molecule has 16 nitrogen and oxygen atoms in total. The molecule has 0 fully saturated rings. The van der Waals surface area contributed by atoms with Crippen LogP contribution in [0.5, 0.6) is 0 Å². The van der Waals surface area contributed by atoms with Gasteiger partial charge in [-0.25, -0.2) is 0 Å². The van der Waals surface area contributed by atoms with Crippen molar-refractivity contribution in [2.75, 3.05) is 0 Å². The maximum atomic E-state index is 7.33. The van der Waals surface area contributed by atoms with Crippen molar-refractivity contribution >= 4 is 87.6 Å². The van der Waals surface area contributed by atoms with E-state index in [1.807, 2.05) is 0 Å². The molecule has 0 aromatic heterocycles. The van der Waals surface area contributed by atoms with Crippen molar-refractivity contribution in [2.45, 2.75) is 0 Å². The molecular formula is H16KO16Si4. The van der Waals surface area contributed by atoms with Crippen molar-refractivity contribution in [3.63, 3.8) is 0 Å². The van der Waals surface area contributed by atoms with E-state index < -0.39 is 36.2 Å². The van der Waals surface area contributed by atoms with E-state index in [1.54, 1.807) is 0 Å². The van der Waals surface area contributed by atoms with E-state index >= 15 is 0 Å². The molecule has 0 aliphatic heterocycles. The third kappa shape index (κ3) is 2480. The molecule has 0 saturated carbocycles. The summed E-state index contributed by atoms with van der Waals surface area (Å²) in [4.78, 5) is 117. The first-order valence-electron chi connectivity index (χ1n) is 3.58. The Kier molecular flexibility index (Phi) is 23.2. The zero-order valence-electron chi connectivity index (χ0n) is 10.2. The van der Waals surface area contributed by atoms with Crippen LogP contribution in [-0.2, 0) is 0 Å². The summed E-state index contributed by atoms with van der Waals surface area (Å²) in [7, 11) is -18.4. The number of rotatable bonds is 0. The van der Waals surface area contributed by atoms with Crippen LogP contribution < -0.4 is 0 Å². The van der Waals surface area contributed by atoms with Gasteiger partial charge in [-0.05, 0) is 0 Å². The average Bonchev–Trinajstić information content (AvgIpc) is 1.62. The molecule has 21 heteroatoms. The van der Waals surface area contributed by atoms with Crippen molar-refractivity contribution in [2.24, 2.45) is 0 Å².